The van der Waals surface area contributed by atoms with Crippen molar-refractivity contribution in [3.8, 4) is 58.2 Å². The number of carbonyl (C=O) groups excluding carboxylic acids is 2. The van der Waals surface area contributed by atoms with Crippen LogP contribution in [0.3, 0.4) is 0 Å². The fraction of sp³-hybridized carbons (Fsp3) is 0.368. The van der Waals surface area contributed by atoms with Crippen molar-refractivity contribution in [1.82, 2.24) is 10.6 Å². The number of benzene rings is 3. The van der Waals surface area contributed by atoms with Gasteiger partial charge in [0.1, 0.15) is 0 Å². The lowest BCUT2D eigenvalue weighted by Gasteiger charge is -2.13. The highest BCUT2D eigenvalue weighted by molar-refractivity contribution is 6.03. The van der Waals surface area contributed by atoms with E-state index in [2.05, 4.69) is 34.3 Å². The van der Waals surface area contributed by atoms with E-state index in [-0.39, 0.29) is 22.9 Å². The third-order valence-electron chi connectivity index (χ3n) is 7.29. The van der Waals surface area contributed by atoms with Gasteiger partial charge in [-0.15, -0.1) is 0 Å². The number of hydrogen-bond acceptors (Lipinski definition) is 8. The van der Waals surface area contributed by atoms with Gasteiger partial charge in [0.2, 0.25) is 11.5 Å². The maximum absolute atomic E-state index is 13.5. The molecule has 48 heavy (non-hydrogen) atoms. The Bertz CT molecular complexity index is 1550. The number of carbonyl (C=O) groups is 2. The van der Waals surface area contributed by atoms with Gasteiger partial charge in [0, 0.05) is 35.3 Å². The molecule has 0 unspecified atom stereocenters. The van der Waals surface area contributed by atoms with Crippen molar-refractivity contribution in [2.45, 2.75) is 39.5 Å². The largest absolute Gasteiger partial charge is 0.493 e. The summed E-state index contributed by atoms with van der Waals surface area (Å²) in [6.45, 7) is 5.05. The van der Waals surface area contributed by atoms with Crippen LogP contribution in [0, 0.1) is 23.7 Å². The van der Waals surface area contributed by atoms with E-state index >= 15 is 0 Å². The fourth-order valence-corrected chi connectivity index (χ4v) is 4.72. The van der Waals surface area contributed by atoms with E-state index in [9.17, 15) is 9.59 Å². The predicted molar refractivity (Wildman–Crippen MR) is 185 cm³/mol. The van der Waals surface area contributed by atoms with Gasteiger partial charge in [0.15, 0.2) is 23.0 Å². The molecule has 0 saturated heterocycles. The third-order valence-corrected chi connectivity index (χ3v) is 7.29. The highest BCUT2D eigenvalue weighted by Crippen LogP contribution is 2.39. The van der Waals surface area contributed by atoms with E-state index in [4.69, 9.17) is 28.4 Å². The number of unbranched alkanes of at least 4 members (excludes halogenated alkanes) is 2. The molecular weight excluding hydrogens is 612 g/mol. The van der Waals surface area contributed by atoms with Crippen LogP contribution in [0.5, 0.6) is 34.5 Å². The minimum absolute atomic E-state index is 0.255. The third kappa shape index (κ3) is 9.29. The molecule has 0 aliphatic heterocycles. The number of amides is 2. The van der Waals surface area contributed by atoms with Gasteiger partial charge in [-0.1, -0.05) is 50.4 Å². The van der Waals surface area contributed by atoms with Crippen molar-refractivity contribution >= 4 is 11.8 Å². The highest BCUT2D eigenvalue weighted by Gasteiger charge is 2.19. The molecule has 3 rings (SSSR count). The average molecular weight is 657 g/mol. The summed E-state index contributed by atoms with van der Waals surface area (Å²) in [4.78, 5) is 27.0. The van der Waals surface area contributed by atoms with Crippen molar-refractivity contribution in [1.29, 1.82) is 0 Å². The fourth-order valence-electron chi connectivity index (χ4n) is 4.72. The molecule has 3 aromatic carbocycles. The second-order valence-electron chi connectivity index (χ2n) is 10.5. The van der Waals surface area contributed by atoms with Crippen molar-refractivity contribution in [3.05, 3.63) is 69.8 Å². The molecule has 0 spiro atoms. The number of rotatable bonds is 14. The van der Waals surface area contributed by atoms with Gasteiger partial charge < -0.3 is 39.1 Å². The lowest BCUT2D eigenvalue weighted by Crippen LogP contribution is -2.28. The second kappa shape index (κ2) is 18.6. The standard InChI is InChI=1S/C38H44N2O8/c1-9-11-17-39-37(41)29-24-30(38(42)40-18-12-10-2)28(16-14-26-21-33(45-5)36(48-8)34(22-26)46-6)23-27(29)15-13-25-19-31(43-3)35(47-7)32(20-25)44-4/h19-24H,9-12,17-18H2,1-8H3,(H,39,41)(H,40,42). The van der Waals surface area contributed by atoms with E-state index in [0.29, 0.717) is 69.8 Å². The van der Waals surface area contributed by atoms with Crippen LogP contribution in [0.2, 0.25) is 0 Å². The molecular formula is C38H44N2O8. The van der Waals surface area contributed by atoms with Crippen molar-refractivity contribution in [3.63, 3.8) is 0 Å². The smallest absolute Gasteiger partial charge is 0.252 e. The molecule has 0 aliphatic rings. The van der Waals surface area contributed by atoms with Gasteiger partial charge in [-0.05, 0) is 49.2 Å². The van der Waals surface area contributed by atoms with Crippen molar-refractivity contribution < 1.29 is 38.0 Å². The molecule has 3 aromatic rings. The Morgan fingerprint density at radius 2 is 0.875 bits per heavy atom. The van der Waals surface area contributed by atoms with E-state index < -0.39 is 0 Å². The van der Waals surface area contributed by atoms with Crippen LogP contribution < -0.4 is 39.1 Å². The zero-order valence-corrected chi connectivity index (χ0v) is 29.0. The van der Waals surface area contributed by atoms with Crippen LogP contribution in [-0.2, 0) is 0 Å². The summed E-state index contributed by atoms with van der Waals surface area (Å²) in [5, 5.41) is 5.90. The molecule has 0 heterocycles. The summed E-state index contributed by atoms with van der Waals surface area (Å²) in [6, 6.07) is 10.1. The SMILES string of the molecule is CCCCNC(=O)c1cc(C(=O)NCCCC)c(C#Cc2cc(OC)c(OC)c(OC)c2)cc1C#Cc1cc(OC)c(OC)c(OC)c1. The summed E-state index contributed by atoms with van der Waals surface area (Å²) in [6.07, 6.45) is 3.44. The van der Waals surface area contributed by atoms with E-state index in [1.165, 1.54) is 42.7 Å². The Hall–Kier alpha value is -5.48. The summed E-state index contributed by atoms with van der Waals surface area (Å²) < 4.78 is 32.8. The molecule has 0 fully saturated rings. The second-order valence-corrected chi connectivity index (χ2v) is 10.5. The first-order chi connectivity index (χ1) is 23.3. The van der Waals surface area contributed by atoms with Crippen LogP contribution in [-0.4, -0.2) is 67.6 Å². The summed E-state index contributed by atoms with van der Waals surface area (Å²) in [5.41, 5.74) is 2.41. The Morgan fingerprint density at radius 1 is 0.521 bits per heavy atom. The minimum atomic E-state index is -0.343. The summed E-state index contributed by atoms with van der Waals surface area (Å²) in [5.74, 6) is 14.4. The number of hydrogen-bond donors (Lipinski definition) is 2. The lowest BCUT2D eigenvalue weighted by atomic mass is 9.96. The van der Waals surface area contributed by atoms with Crippen molar-refractivity contribution in [2.24, 2.45) is 0 Å². The molecule has 0 atom stereocenters. The van der Waals surface area contributed by atoms with Crippen LogP contribution in [0.15, 0.2) is 36.4 Å². The van der Waals surface area contributed by atoms with Gasteiger partial charge in [0.25, 0.3) is 11.8 Å². The molecule has 2 N–H and O–H groups in total. The topological polar surface area (TPSA) is 114 Å². The number of nitrogens with one attached hydrogen (secondary N) is 2. The molecule has 0 radical (unpaired) electrons. The maximum Gasteiger partial charge on any atom is 0.252 e. The normalized spacial score (nSPS) is 10.0. The Morgan fingerprint density at radius 3 is 1.17 bits per heavy atom. The minimum Gasteiger partial charge on any atom is -0.493 e. The summed E-state index contributed by atoms with van der Waals surface area (Å²) in [7, 11) is 9.14. The molecule has 10 nitrogen and oxygen atoms in total. The van der Waals surface area contributed by atoms with Crippen LogP contribution >= 0.6 is 0 Å². The molecule has 0 bridgehead atoms. The Balaban J connectivity index is 2.27. The van der Waals surface area contributed by atoms with E-state index in [0.717, 1.165) is 25.7 Å². The molecule has 254 valence electrons. The monoisotopic (exact) mass is 656 g/mol. The van der Waals surface area contributed by atoms with Crippen LogP contribution in [0.1, 0.15) is 82.5 Å². The van der Waals surface area contributed by atoms with Gasteiger partial charge in [-0.3, -0.25) is 9.59 Å². The van der Waals surface area contributed by atoms with E-state index in [1.807, 2.05) is 13.8 Å². The Kier molecular flexibility index (Phi) is 14.3. The Labute approximate surface area is 283 Å². The molecule has 0 aromatic heterocycles. The molecule has 10 heteroatoms. The molecule has 2 amide bonds. The molecule has 0 aliphatic carbocycles. The average Bonchev–Trinajstić information content (AvgIpc) is 3.11. The van der Waals surface area contributed by atoms with Gasteiger partial charge in [-0.25, -0.2) is 0 Å². The van der Waals surface area contributed by atoms with Gasteiger partial charge in [-0.2, -0.15) is 0 Å². The summed E-state index contributed by atoms with van der Waals surface area (Å²) >= 11 is 0. The van der Waals surface area contributed by atoms with Crippen LogP contribution in [0.4, 0.5) is 0 Å². The quantitative estimate of drug-likeness (QED) is 0.170. The first kappa shape index (κ1) is 37.0. The predicted octanol–water partition coefficient (Wildman–Crippen LogP) is 5.60. The molecule has 0 saturated carbocycles. The number of ether oxygens (including phenoxy) is 6. The van der Waals surface area contributed by atoms with Crippen LogP contribution in [0.25, 0.3) is 0 Å². The zero-order valence-electron chi connectivity index (χ0n) is 29.0. The highest BCUT2D eigenvalue weighted by atomic mass is 16.5. The van der Waals surface area contributed by atoms with Gasteiger partial charge >= 0.3 is 0 Å². The first-order valence-electron chi connectivity index (χ1n) is 15.7. The van der Waals surface area contributed by atoms with Gasteiger partial charge in [0.05, 0.1) is 53.8 Å². The maximum atomic E-state index is 13.5. The first-order valence-corrected chi connectivity index (χ1v) is 15.7. The zero-order chi connectivity index (χ0) is 35.1. The number of methoxy groups -OCH3 is 6. The van der Waals surface area contributed by atoms with E-state index in [1.54, 1.807) is 36.4 Å². The lowest BCUT2D eigenvalue weighted by molar-refractivity contribution is 0.0952. The van der Waals surface area contributed by atoms with Crippen molar-refractivity contribution in [2.75, 3.05) is 55.7 Å².